The van der Waals surface area contributed by atoms with Crippen LogP contribution in [0.5, 0.6) is 0 Å². The van der Waals surface area contributed by atoms with Gasteiger partial charge in [0.25, 0.3) is 0 Å². The molecule has 0 spiro atoms. The molecule has 0 unspecified atom stereocenters. The van der Waals surface area contributed by atoms with E-state index in [4.69, 9.17) is 4.74 Å². The number of esters is 1. The highest BCUT2D eigenvalue weighted by molar-refractivity contribution is 9.10. The summed E-state index contributed by atoms with van der Waals surface area (Å²) in [5.41, 5.74) is -2.78. The van der Waals surface area contributed by atoms with Gasteiger partial charge in [0.1, 0.15) is 11.7 Å². The summed E-state index contributed by atoms with van der Waals surface area (Å²) in [6.07, 6.45) is -5.80. The highest BCUT2D eigenvalue weighted by Crippen LogP contribution is 2.41. The fourth-order valence-electron chi connectivity index (χ4n) is 6.07. The number of carbonyl (C=O) groups excluding carboxylic acids is 2. The molecule has 0 heterocycles. The standard InChI is InChI=1S/C40H38Br2F4N2O3S/c1-38(2,43)25-33(47-39(22-11-23-41,40(44,45)46)30-18-20-31(42)21-19-30)36(49)48(34(26-52)37(50)51-3)32-17-10-16-29(24-32)35(27-12-6-4-7-13-27)28-14-8-5-9-15-28/h4-10,12-21,24,33-35,47,52H,23,25-26H2,1-3H3/t33-,34-,39-/m0/s1. The van der Waals surface area contributed by atoms with Crippen LogP contribution in [-0.2, 0) is 19.9 Å². The van der Waals surface area contributed by atoms with E-state index in [9.17, 15) is 9.59 Å². The van der Waals surface area contributed by atoms with E-state index < -0.39 is 47.8 Å². The molecule has 4 aromatic carbocycles. The summed E-state index contributed by atoms with van der Waals surface area (Å²) < 4.78 is 67.5. The number of ether oxygens (including phenoxy) is 1. The van der Waals surface area contributed by atoms with Gasteiger partial charge in [-0.3, -0.25) is 15.0 Å². The Bertz CT molecular complexity index is 1820. The predicted octanol–water partition coefficient (Wildman–Crippen LogP) is 9.39. The van der Waals surface area contributed by atoms with Gasteiger partial charge in [-0.15, -0.1) is 0 Å². The molecule has 0 radical (unpaired) electrons. The van der Waals surface area contributed by atoms with Gasteiger partial charge < -0.3 is 4.74 Å². The van der Waals surface area contributed by atoms with Crippen molar-refractivity contribution in [3.63, 3.8) is 0 Å². The van der Waals surface area contributed by atoms with Crippen LogP contribution in [0.15, 0.2) is 114 Å². The number of hydrogen-bond donors (Lipinski definition) is 2. The summed E-state index contributed by atoms with van der Waals surface area (Å²) in [5.74, 6) is 2.32. The van der Waals surface area contributed by atoms with Gasteiger partial charge in [0, 0.05) is 28.3 Å². The Morgan fingerprint density at radius 1 is 0.865 bits per heavy atom. The molecule has 0 aliphatic heterocycles. The Morgan fingerprint density at radius 3 is 1.90 bits per heavy atom. The molecule has 0 saturated heterocycles. The van der Waals surface area contributed by atoms with Crippen molar-refractivity contribution in [3.05, 3.63) is 136 Å². The van der Waals surface area contributed by atoms with Crippen molar-refractivity contribution in [2.24, 2.45) is 0 Å². The number of amides is 1. The Kier molecular flexibility index (Phi) is 14.2. The number of alkyl halides is 5. The van der Waals surface area contributed by atoms with E-state index in [-0.39, 0.29) is 28.3 Å². The van der Waals surface area contributed by atoms with E-state index in [2.05, 4.69) is 61.6 Å². The normalized spacial score (nSPS) is 14.1. The van der Waals surface area contributed by atoms with E-state index in [1.165, 1.54) is 38.1 Å². The molecule has 0 aliphatic carbocycles. The van der Waals surface area contributed by atoms with Crippen molar-refractivity contribution >= 4 is 62.1 Å². The molecular formula is C40H38Br2F4N2O3S. The number of anilines is 1. The molecule has 0 saturated carbocycles. The molecule has 4 rings (SSSR count). The lowest BCUT2D eigenvalue weighted by atomic mass is 9.85. The SMILES string of the molecule is COC(=O)[C@H](CS)N(C(=O)[C@H](CC(C)(C)F)N[C@@](C#CCBr)(c1ccc(Br)cc1)C(F)(F)F)c1cccc(C(c2ccccc2)c2ccccc2)c1. The minimum Gasteiger partial charge on any atom is -0.467 e. The minimum absolute atomic E-state index is 0.108. The van der Waals surface area contributed by atoms with Crippen molar-refractivity contribution in [2.45, 2.75) is 55.7 Å². The molecule has 0 bridgehead atoms. The van der Waals surface area contributed by atoms with E-state index >= 15 is 17.6 Å². The highest BCUT2D eigenvalue weighted by atomic mass is 79.9. The number of nitrogens with one attached hydrogen (secondary N) is 1. The average Bonchev–Trinajstić information content (AvgIpc) is 3.12. The third-order valence-corrected chi connectivity index (χ3v) is 9.52. The van der Waals surface area contributed by atoms with Crippen molar-refractivity contribution < 1.29 is 31.9 Å². The minimum atomic E-state index is -5.09. The van der Waals surface area contributed by atoms with Gasteiger partial charge in [-0.25, -0.2) is 9.18 Å². The van der Waals surface area contributed by atoms with Gasteiger partial charge in [-0.1, -0.05) is 129 Å². The number of rotatable bonds is 13. The maximum Gasteiger partial charge on any atom is 0.422 e. The molecular weight excluding hydrogens is 824 g/mol. The first kappa shape index (κ1) is 41.1. The molecule has 0 fully saturated rings. The lowest BCUT2D eigenvalue weighted by Crippen LogP contribution is -2.63. The molecule has 274 valence electrons. The van der Waals surface area contributed by atoms with Crippen LogP contribution in [-0.4, -0.2) is 54.0 Å². The Balaban J connectivity index is 1.96. The third kappa shape index (κ3) is 9.86. The first-order valence-corrected chi connectivity index (χ1v) is 18.8. The second-order valence-electron chi connectivity index (χ2n) is 12.6. The van der Waals surface area contributed by atoms with Crippen LogP contribution in [0.25, 0.3) is 0 Å². The van der Waals surface area contributed by atoms with Gasteiger partial charge >= 0.3 is 12.1 Å². The molecule has 0 aliphatic rings. The molecule has 4 aromatic rings. The number of methoxy groups -OCH3 is 1. The average molecular weight is 863 g/mol. The van der Waals surface area contributed by atoms with Crippen molar-refractivity contribution in [1.29, 1.82) is 0 Å². The quantitative estimate of drug-likeness (QED) is 0.0352. The van der Waals surface area contributed by atoms with Gasteiger partial charge in [0.15, 0.2) is 0 Å². The Morgan fingerprint density at radius 2 is 1.42 bits per heavy atom. The number of halogens is 6. The fourth-order valence-corrected chi connectivity index (χ4v) is 6.79. The van der Waals surface area contributed by atoms with Gasteiger partial charge in [-0.2, -0.15) is 25.8 Å². The second-order valence-corrected chi connectivity index (χ2v) is 14.4. The summed E-state index contributed by atoms with van der Waals surface area (Å²) in [5, 5.41) is 2.36. The number of nitrogens with zero attached hydrogens (tertiary/aromatic N) is 1. The first-order valence-electron chi connectivity index (χ1n) is 16.2. The van der Waals surface area contributed by atoms with Crippen molar-refractivity contribution in [1.82, 2.24) is 5.32 Å². The predicted molar refractivity (Wildman–Crippen MR) is 208 cm³/mol. The molecule has 1 amide bonds. The zero-order chi connectivity index (χ0) is 38.1. The van der Waals surface area contributed by atoms with Crippen LogP contribution in [0.4, 0.5) is 23.2 Å². The van der Waals surface area contributed by atoms with Crippen LogP contribution in [0.1, 0.15) is 48.4 Å². The molecule has 0 aromatic heterocycles. The molecule has 12 heteroatoms. The summed E-state index contributed by atoms with van der Waals surface area (Å²) in [6.45, 7) is 2.33. The summed E-state index contributed by atoms with van der Waals surface area (Å²) in [6, 6.07) is 28.2. The topological polar surface area (TPSA) is 58.6 Å². The van der Waals surface area contributed by atoms with Crippen LogP contribution < -0.4 is 10.2 Å². The zero-order valence-corrected chi connectivity index (χ0v) is 32.7. The summed E-state index contributed by atoms with van der Waals surface area (Å²) in [4.78, 5) is 29.3. The molecule has 5 nitrogen and oxygen atoms in total. The lowest BCUT2D eigenvalue weighted by molar-refractivity contribution is -0.185. The lowest BCUT2D eigenvalue weighted by Gasteiger charge is -2.40. The van der Waals surface area contributed by atoms with E-state index in [1.54, 1.807) is 18.2 Å². The first-order chi connectivity index (χ1) is 24.7. The van der Waals surface area contributed by atoms with E-state index in [0.29, 0.717) is 4.47 Å². The Labute approximate surface area is 324 Å². The Hall–Kier alpha value is -3.63. The molecule has 52 heavy (non-hydrogen) atoms. The fraction of sp³-hybridized carbons (Fsp3) is 0.300. The zero-order valence-electron chi connectivity index (χ0n) is 28.6. The van der Waals surface area contributed by atoms with Crippen LogP contribution in [0.2, 0.25) is 0 Å². The van der Waals surface area contributed by atoms with E-state index in [1.807, 2.05) is 66.7 Å². The largest absolute Gasteiger partial charge is 0.467 e. The van der Waals surface area contributed by atoms with Crippen LogP contribution in [0.3, 0.4) is 0 Å². The van der Waals surface area contributed by atoms with E-state index in [0.717, 1.165) is 28.7 Å². The van der Waals surface area contributed by atoms with Crippen LogP contribution >= 0.6 is 44.5 Å². The molecule has 3 atom stereocenters. The van der Waals surface area contributed by atoms with Gasteiger partial charge in [0.2, 0.25) is 11.4 Å². The molecule has 1 N–H and O–H groups in total. The number of carbonyl (C=O) groups is 2. The number of hydrogen-bond acceptors (Lipinski definition) is 5. The summed E-state index contributed by atoms with van der Waals surface area (Å²) in [7, 11) is 1.14. The second kappa shape index (κ2) is 17.9. The van der Waals surface area contributed by atoms with Gasteiger partial charge in [-0.05, 0) is 60.4 Å². The number of thiol groups is 1. The monoisotopic (exact) mass is 860 g/mol. The van der Waals surface area contributed by atoms with Crippen molar-refractivity contribution in [2.75, 3.05) is 23.1 Å². The smallest absolute Gasteiger partial charge is 0.422 e. The van der Waals surface area contributed by atoms with Crippen LogP contribution in [0, 0.1) is 11.8 Å². The third-order valence-electron chi connectivity index (χ3n) is 8.37. The maximum absolute atomic E-state index is 15.6. The van der Waals surface area contributed by atoms with Crippen molar-refractivity contribution in [3.8, 4) is 11.8 Å². The van der Waals surface area contributed by atoms with Gasteiger partial charge in [0.05, 0.1) is 18.5 Å². The number of benzene rings is 4. The maximum atomic E-state index is 15.6. The summed E-state index contributed by atoms with van der Waals surface area (Å²) >= 11 is 10.7. The highest BCUT2D eigenvalue weighted by Gasteiger charge is 2.57.